The summed E-state index contributed by atoms with van der Waals surface area (Å²) < 4.78 is 4.78. The van der Waals surface area contributed by atoms with E-state index in [4.69, 9.17) is 4.74 Å². The Bertz CT molecular complexity index is 861. The summed E-state index contributed by atoms with van der Waals surface area (Å²) in [6.45, 7) is 5.47. The fourth-order valence-corrected chi connectivity index (χ4v) is 2.82. The fourth-order valence-electron chi connectivity index (χ4n) is 2.82. The smallest absolute Gasteiger partial charge is 0.339 e. The van der Waals surface area contributed by atoms with Crippen molar-refractivity contribution in [2.24, 2.45) is 0 Å². The van der Waals surface area contributed by atoms with Crippen LogP contribution in [0, 0.1) is 13.8 Å². The number of hydrogen-bond acceptors (Lipinski definition) is 4. The number of nitrogens with one attached hydrogen (secondary N) is 1. The predicted molar refractivity (Wildman–Crippen MR) is 105 cm³/mol. The van der Waals surface area contributed by atoms with Crippen LogP contribution in [0.15, 0.2) is 42.5 Å². The topological polar surface area (TPSA) is 75.7 Å². The van der Waals surface area contributed by atoms with Crippen molar-refractivity contribution in [3.05, 3.63) is 59.2 Å². The van der Waals surface area contributed by atoms with Gasteiger partial charge in [-0.3, -0.25) is 9.59 Å². The van der Waals surface area contributed by atoms with E-state index in [0.29, 0.717) is 5.69 Å². The molecule has 0 aliphatic heterocycles. The molecule has 1 N–H and O–H groups in total. The number of amides is 2. The van der Waals surface area contributed by atoms with Crippen LogP contribution < -0.4 is 10.2 Å². The van der Waals surface area contributed by atoms with Crippen LogP contribution in [-0.2, 0) is 14.3 Å². The summed E-state index contributed by atoms with van der Waals surface area (Å²) in [5.74, 6) is -0.994. The molecule has 0 heterocycles. The van der Waals surface area contributed by atoms with Crippen LogP contribution in [-0.4, -0.2) is 31.4 Å². The third-order valence-corrected chi connectivity index (χ3v) is 4.20. The summed E-state index contributed by atoms with van der Waals surface area (Å²) in [5, 5.41) is 2.86. The zero-order chi connectivity index (χ0) is 20.0. The van der Waals surface area contributed by atoms with Gasteiger partial charge in [-0.2, -0.15) is 0 Å². The van der Waals surface area contributed by atoms with Crippen molar-refractivity contribution in [2.75, 3.05) is 23.9 Å². The number of carbonyl (C=O) groups excluding carboxylic acids is 3. The van der Waals surface area contributed by atoms with E-state index < -0.39 is 5.97 Å². The van der Waals surface area contributed by atoms with Crippen molar-refractivity contribution in [1.29, 1.82) is 0 Å². The van der Waals surface area contributed by atoms with Gasteiger partial charge >= 0.3 is 5.97 Å². The zero-order valence-corrected chi connectivity index (χ0v) is 16.0. The number of esters is 1. The summed E-state index contributed by atoms with van der Waals surface area (Å²) in [5.41, 5.74) is 3.55. The standard InChI is InChI=1S/C21H24N2O4/c1-14-9-10-18(15(2)13-14)22-20(25)11-12-23(16(3)24)19-8-6-5-7-17(19)21(26)27-4/h5-10,13H,11-12H2,1-4H3,(H,22,25). The second-order valence-electron chi connectivity index (χ2n) is 6.30. The fraction of sp³-hybridized carbons (Fsp3) is 0.286. The third kappa shape index (κ3) is 5.17. The molecule has 0 aliphatic rings. The maximum atomic E-state index is 12.3. The zero-order valence-electron chi connectivity index (χ0n) is 16.0. The van der Waals surface area contributed by atoms with Gasteiger partial charge in [0.15, 0.2) is 0 Å². The average molecular weight is 368 g/mol. The molecule has 2 aromatic carbocycles. The highest BCUT2D eigenvalue weighted by Gasteiger charge is 2.20. The van der Waals surface area contributed by atoms with E-state index in [9.17, 15) is 14.4 Å². The van der Waals surface area contributed by atoms with Crippen molar-refractivity contribution < 1.29 is 19.1 Å². The lowest BCUT2D eigenvalue weighted by molar-refractivity contribution is -0.117. The number of benzene rings is 2. The van der Waals surface area contributed by atoms with Gasteiger partial charge in [0.2, 0.25) is 11.8 Å². The molecule has 6 nitrogen and oxygen atoms in total. The number of rotatable bonds is 6. The molecule has 0 atom stereocenters. The first-order valence-electron chi connectivity index (χ1n) is 8.66. The van der Waals surface area contributed by atoms with Gasteiger partial charge in [-0.05, 0) is 37.6 Å². The molecule has 0 saturated heterocycles. The molecular formula is C21H24N2O4. The van der Waals surface area contributed by atoms with Crippen LogP contribution in [0.5, 0.6) is 0 Å². The Morgan fingerprint density at radius 3 is 2.41 bits per heavy atom. The highest BCUT2D eigenvalue weighted by molar-refractivity contribution is 6.02. The molecule has 142 valence electrons. The van der Waals surface area contributed by atoms with Gasteiger partial charge in [-0.15, -0.1) is 0 Å². The molecule has 0 aliphatic carbocycles. The molecule has 0 aromatic heterocycles. The highest BCUT2D eigenvalue weighted by atomic mass is 16.5. The first kappa shape index (κ1) is 20.2. The molecule has 0 bridgehead atoms. The molecule has 27 heavy (non-hydrogen) atoms. The number of carbonyl (C=O) groups is 3. The van der Waals surface area contributed by atoms with E-state index in [1.165, 1.54) is 18.9 Å². The van der Waals surface area contributed by atoms with Crippen molar-refractivity contribution in [2.45, 2.75) is 27.2 Å². The number of methoxy groups -OCH3 is 1. The molecule has 0 unspecified atom stereocenters. The third-order valence-electron chi connectivity index (χ3n) is 4.20. The van der Waals surface area contributed by atoms with Crippen LogP contribution >= 0.6 is 0 Å². The van der Waals surface area contributed by atoms with Gasteiger partial charge in [0.25, 0.3) is 0 Å². The summed E-state index contributed by atoms with van der Waals surface area (Å²) in [7, 11) is 1.29. The number of aryl methyl sites for hydroxylation is 2. The van der Waals surface area contributed by atoms with E-state index in [0.717, 1.165) is 16.8 Å². The average Bonchev–Trinajstić information content (AvgIpc) is 2.63. The van der Waals surface area contributed by atoms with Gasteiger partial charge in [-0.1, -0.05) is 29.8 Å². The lowest BCUT2D eigenvalue weighted by Gasteiger charge is -2.23. The summed E-state index contributed by atoms with van der Waals surface area (Å²) in [4.78, 5) is 37.8. The minimum absolute atomic E-state index is 0.0996. The maximum Gasteiger partial charge on any atom is 0.339 e. The highest BCUT2D eigenvalue weighted by Crippen LogP contribution is 2.22. The second-order valence-corrected chi connectivity index (χ2v) is 6.30. The van der Waals surface area contributed by atoms with E-state index in [1.54, 1.807) is 24.3 Å². The van der Waals surface area contributed by atoms with Crippen molar-refractivity contribution >= 4 is 29.2 Å². The van der Waals surface area contributed by atoms with Crippen molar-refractivity contribution in [3.63, 3.8) is 0 Å². The van der Waals surface area contributed by atoms with E-state index in [-0.39, 0.29) is 30.3 Å². The largest absolute Gasteiger partial charge is 0.465 e. The Labute approximate surface area is 159 Å². The normalized spacial score (nSPS) is 10.2. The number of anilines is 2. The number of hydrogen-bond donors (Lipinski definition) is 1. The molecule has 0 radical (unpaired) electrons. The molecule has 0 saturated carbocycles. The molecular weight excluding hydrogens is 344 g/mol. The molecule has 2 rings (SSSR count). The van der Waals surface area contributed by atoms with E-state index >= 15 is 0 Å². The second kappa shape index (κ2) is 8.98. The first-order chi connectivity index (χ1) is 12.8. The molecule has 0 spiro atoms. The minimum Gasteiger partial charge on any atom is -0.465 e. The van der Waals surface area contributed by atoms with Gasteiger partial charge in [0.1, 0.15) is 0 Å². The van der Waals surface area contributed by atoms with Gasteiger partial charge in [0, 0.05) is 25.6 Å². The van der Waals surface area contributed by atoms with Crippen LogP contribution in [0.3, 0.4) is 0 Å². The molecule has 2 aromatic rings. The summed E-state index contributed by atoms with van der Waals surface area (Å²) in [6, 6.07) is 12.5. The Kier molecular flexibility index (Phi) is 6.71. The lowest BCUT2D eigenvalue weighted by Crippen LogP contribution is -2.33. The monoisotopic (exact) mass is 368 g/mol. The molecule has 0 fully saturated rings. The summed E-state index contributed by atoms with van der Waals surface area (Å²) >= 11 is 0. The SMILES string of the molecule is COC(=O)c1ccccc1N(CCC(=O)Nc1ccc(C)cc1C)C(C)=O. The van der Waals surface area contributed by atoms with Gasteiger partial charge < -0.3 is 15.0 Å². The number of ether oxygens (including phenoxy) is 1. The Hall–Kier alpha value is -3.15. The Morgan fingerprint density at radius 1 is 1.07 bits per heavy atom. The van der Waals surface area contributed by atoms with E-state index in [1.807, 2.05) is 32.0 Å². The molecule has 2 amide bonds. The lowest BCUT2D eigenvalue weighted by atomic mass is 10.1. The molecule has 6 heteroatoms. The van der Waals surface area contributed by atoms with Gasteiger partial charge in [0.05, 0.1) is 18.4 Å². The number of para-hydroxylation sites is 1. The number of nitrogens with zero attached hydrogens (tertiary/aromatic N) is 1. The Morgan fingerprint density at radius 2 is 1.78 bits per heavy atom. The quantitative estimate of drug-likeness (QED) is 0.792. The Balaban J connectivity index is 2.12. The van der Waals surface area contributed by atoms with Crippen molar-refractivity contribution in [3.8, 4) is 0 Å². The predicted octanol–water partition coefficient (Wildman–Crippen LogP) is 3.47. The van der Waals surface area contributed by atoms with E-state index in [2.05, 4.69) is 5.32 Å². The van der Waals surface area contributed by atoms with Gasteiger partial charge in [-0.25, -0.2) is 4.79 Å². The van der Waals surface area contributed by atoms with Crippen LogP contribution in [0.1, 0.15) is 34.8 Å². The first-order valence-corrected chi connectivity index (χ1v) is 8.66. The van der Waals surface area contributed by atoms with Crippen LogP contribution in [0.4, 0.5) is 11.4 Å². The van der Waals surface area contributed by atoms with Crippen LogP contribution in [0.2, 0.25) is 0 Å². The summed E-state index contributed by atoms with van der Waals surface area (Å²) in [6.07, 6.45) is 0.0996. The minimum atomic E-state index is -0.531. The van der Waals surface area contributed by atoms with Crippen molar-refractivity contribution in [1.82, 2.24) is 0 Å². The van der Waals surface area contributed by atoms with Crippen LogP contribution in [0.25, 0.3) is 0 Å². The maximum absolute atomic E-state index is 12.3.